The molecular formula is C38H68. The highest BCUT2D eigenvalue weighted by atomic mass is 14.4. The molecule has 0 saturated heterocycles. The third kappa shape index (κ3) is 12.3. The lowest BCUT2D eigenvalue weighted by molar-refractivity contribution is 0.350. The van der Waals surface area contributed by atoms with Gasteiger partial charge in [0.15, 0.2) is 0 Å². The highest BCUT2D eigenvalue weighted by molar-refractivity contribution is 5.15. The third-order valence-electron chi connectivity index (χ3n) is 10.8. The van der Waals surface area contributed by atoms with E-state index in [4.69, 9.17) is 0 Å². The van der Waals surface area contributed by atoms with Gasteiger partial charge in [-0.2, -0.15) is 0 Å². The fourth-order valence-corrected chi connectivity index (χ4v) is 8.25. The summed E-state index contributed by atoms with van der Waals surface area (Å²) in [4.78, 5) is 0. The van der Waals surface area contributed by atoms with Crippen LogP contribution in [0.4, 0.5) is 0 Å². The van der Waals surface area contributed by atoms with E-state index in [-0.39, 0.29) is 0 Å². The molecule has 2 fully saturated rings. The second-order valence-corrected chi connectivity index (χ2v) is 14.2. The first-order valence-corrected chi connectivity index (χ1v) is 18.1. The summed E-state index contributed by atoms with van der Waals surface area (Å²) >= 11 is 0. The van der Waals surface area contributed by atoms with Crippen LogP contribution in [0.3, 0.4) is 0 Å². The zero-order valence-corrected chi connectivity index (χ0v) is 26.2. The van der Waals surface area contributed by atoms with E-state index in [1.165, 1.54) is 173 Å². The molecule has 2 saturated carbocycles. The van der Waals surface area contributed by atoms with Gasteiger partial charge in [0.2, 0.25) is 0 Å². The van der Waals surface area contributed by atoms with Gasteiger partial charge in [0, 0.05) is 0 Å². The van der Waals surface area contributed by atoms with Crippen molar-refractivity contribution in [2.75, 3.05) is 0 Å². The van der Waals surface area contributed by atoms with Gasteiger partial charge < -0.3 is 0 Å². The van der Waals surface area contributed by atoms with E-state index in [0.29, 0.717) is 5.41 Å². The largest absolute Gasteiger partial charge is 0.0851 e. The molecule has 4 aliphatic carbocycles. The maximum Gasteiger partial charge on any atom is -0.0112 e. The van der Waals surface area contributed by atoms with Crippen LogP contribution in [0.2, 0.25) is 0 Å². The minimum atomic E-state index is 0.671. The number of hydrogen-bond acceptors (Lipinski definition) is 0. The first-order chi connectivity index (χ1) is 18.7. The number of allylic oxidation sites excluding steroid dienone is 4. The first kappa shape index (κ1) is 32.0. The van der Waals surface area contributed by atoms with Gasteiger partial charge in [-0.25, -0.2) is 0 Å². The zero-order valence-electron chi connectivity index (χ0n) is 26.2. The molecule has 0 heterocycles. The van der Waals surface area contributed by atoms with E-state index in [2.05, 4.69) is 38.2 Å². The van der Waals surface area contributed by atoms with Gasteiger partial charge in [0.05, 0.1) is 0 Å². The summed E-state index contributed by atoms with van der Waals surface area (Å²) in [6, 6.07) is 0. The molecule has 0 nitrogen and oxygen atoms in total. The Morgan fingerprint density at radius 3 is 1.53 bits per heavy atom. The summed E-state index contributed by atoms with van der Waals surface area (Å²) in [5.74, 6) is 3.97. The molecule has 0 radical (unpaired) electrons. The Labute approximate surface area is 240 Å². The molecule has 0 aromatic carbocycles. The van der Waals surface area contributed by atoms with Crippen LogP contribution in [0.15, 0.2) is 24.3 Å². The van der Waals surface area contributed by atoms with Crippen molar-refractivity contribution in [1.29, 1.82) is 0 Å². The predicted octanol–water partition coefficient (Wildman–Crippen LogP) is 13.2. The van der Waals surface area contributed by atoms with E-state index in [9.17, 15) is 0 Å². The van der Waals surface area contributed by atoms with Gasteiger partial charge in [0.25, 0.3) is 0 Å². The quantitative estimate of drug-likeness (QED) is 0.0975. The molecule has 0 aliphatic heterocycles. The lowest BCUT2D eigenvalue weighted by Crippen LogP contribution is -2.10. The molecule has 0 amide bonds. The lowest BCUT2D eigenvalue weighted by Gasteiger charge is -2.23. The Bertz CT molecular complexity index is 628. The molecule has 0 aromatic heterocycles. The first-order valence-electron chi connectivity index (χ1n) is 18.1. The maximum atomic E-state index is 2.56. The number of fused-ring (bicyclic) bond motifs is 4. The highest BCUT2D eigenvalue weighted by Gasteiger charge is 2.39. The molecule has 4 bridgehead atoms. The molecule has 0 aromatic rings. The van der Waals surface area contributed by atoms with Crippen LogP contribution < -0.4 is 0 Å². The summed E-state index contributed by atoms with van der Waals surface area (Å²) in [6.45, 7) is 4.59. The molecular weight excluding hydrogens is 456 g/mol. The van der Waals surface area contributed by atoms with Gasteiger partial charge in [-0.3, -0.25) is 0 Å². The predicted molar refractivity (Wildman–Crippen MR) is 171 cm³/mol. The van der Waals surface area contributed by atoms with Crippen molar-refractivity contribution in [3.8, 4) is 0 Å². The summed E-state index contributed by atoms with van der Waals surface area (Å²) in [6.07, 6.45) is 49.9. The summed E-state index contributed by atoms with van der Waals surface area (Å²) in [5, 5.41) is 0. The average Bonchev–Trinajstić information content (AvgIpc) is 3.74. The molecule has 220 valence electrons. The smallest absolute Gasteiger partial charge is 0.0112 e. The van der Waals surface area contributed by atoms with Crippen molar-refractivity contribution < 1.29 is 0 Å². The van der Waals surface area contributed by atoms with E-state index < -0.39 is 0 Å². The molecule has 38 heavy (non-hydrogen) atoms. The Balaban J connectivity index is 0.000000211. The third-order valence-corrected chi connectivity index (χ3v) is 10.8. The number of unbranched alkanes of at least 4 members (excludes halogenated alkanes) is 18. The molecule has 0 heteroatoms. The Morgan fingerprint density at radius 2 is 1.11 bits per heavy atom. The van der Waals surface area contributed by atoms with Gasteiger partial charge >= 0.3 is 0 Å². The summed E-state index contributed by atoms with van der Waals surface area (Å²) in [7, 11) is 0. The van der Waals surface area contributed by atoms with Crippen LogP contribution in [-0.2, 0) is 0 Å². The fourth-order valence-electron chi connectivity index (χ4n) is 8.25. The van der Waals surface area contributed by atoms with Crippen LogP contribution in [0.25, 0.3) is 0 Å². The van der Waals surface area contributed by atoms with Crippen molar-refractivity contribution >= 4 is 0 Å². The number of rotatable bonds is 22. The molecule has 0 N–H and O–H groups in total. The van der Waals surface area contributed by atoms with Crippen LogP contribution in [0.1, 0.15) is 187 Å². The van der Waals surface area contributed by atoms with Crippen molar-refractivity contribution in [2.24, 2.45) is 29.1 Å². The van der Waals surface area contributed by atoms with Crippen LogP contribution in [-0.4, -0.2) is 0 Å². The topological polar surface area (TPSA) is 0 Å². The van der Waals surface area contributed by atoms with Crippen LogP contribution in [0, 0.1) is 29.1 Å². The molecule has 0 spiro atoms. The Kier molecular flexibility index (Phi) is 16.5. The van der Waals surface area contributed by atoms with Gasteiger partial charge in [-0.1, -0.05) is 167 Å². The van der Waals surface area contributed by atoms with E-state index in [0.717, 1.165) is 23.7 Å². The van der Waals surface area contributed by atoms with E-state index in [1.54, 1.807) is 0 Å². The van der Waals surface area contributed by atoms with Crippen molar-refractivity contribution in [1.82, 2.24) is 0 Å². The van der Waals surface area contributed by atoms with E-state index >= 15 is 0 Å². The Hall–Kier alpha value is -0.520. The minimum Gasteiger partial charge on any atom is -0.0851 e. The van der Waals surface area contributed by atoms with Crippen molar-refractivity contribution in [2.45, 2.75) is 187 Å². The SMILES string of the molecule is CCCCCCCCCCCCC12C=CC(CC1)C2.CCCCCCCCCCCCC1CC2C=CC1C2. The number of hydrogen-bond donors (Lipinski definition) is 0. The van der Waals surface area contributed by atoms with E-state index in [1.807, 2.05) is 0 Å². The monoisotopic (exact) mass is 525 g/mol. The lowest BCUT2D eigenvalue weighted by atomic mass is 9.82. The van der Waals surface area contributed by atoms with Gasteiger partial charge in [-0.05, 0) is 74.0 Å². The molecule has 5 atom stereocenters. The van der Waals surface area contributed by atoms with Crippen LogP contribution in [0.5, 0.6) is 0 Å². The Morgan fingerprint density at radius 1 is 0.553 bits per heavy atom. The van der Waals surface area contributed by atoms with Gasteiger partial charge in [-0.15, -0.1) is 0 Å². The van der Waals surface area contributed by atoms with Crippen molar-refractivity contribution in [3.05, 3.63) is 24.3 Å². The summed E-state index contributed by atoms with van der Waals surface area (Å²) in [5.41, 5.74) is 0.671. The molecule has 5 unspecified atom stereocenters. The minimum absolute atomic E-state index is 0.671. The summed E-state index contributed by atoms with van der Waals surface area (Å²) < 4.78 is 0. The second-order valence-electron chi connectivity index (χ2n) is 14.2. The zero-order chi connectivity index (χ0) is 26.7. The maximum absolute atomic E-state index is 2.56. The van der Waals surface area contributed by atoms with Crippen LogP contribution >= 0.6 is 0 Å². The highest BCUT2D eigenvalue weighted by Crippen LogP contribution is 2.52. The molecule has 4 aliphatic rings. The standard InChI is InChI=1S/2C19H34/c1-2-3-4-5-6-7-8-9-10-11-14-19-15-12-18(17-19)13-16-19;1-2-3-4-5-6-7-8-9-10-11-12-18-15-17-13-14-19(18)16-17/h12,15,18H,2-11,13-14,16-17H2,1H3;13-14,17-19H,2-12,15-16H2,1H3. The fraction of sp³-hybridized carbons (Fsp3) is 0.895. The normalized spacial score (nSPS) is 28.4. The average molecular weight is 525 g/mol. The van der Waals surface area contributed by atoms with Gasteiger partial charge in [0.1, 0.15) is 0 Å². The second kappa shape index (κ2) is 19.5. The van der Waals surface area contributed by atoms with Crippen molar-refractivity contribution in [3.63, 3.8) is 0 Å². The molecule has 4 rings (SSSR count).